The number of sulfonamides is 1. The van der Waals surface area contributed by atoms with Crippen LogP contribution in [0.4, 0.5) is 5.69 Å². The van der Waals surface area contributed by atoms with Crippen LogP contribution in [-0.4, -0.2) is 34.2 Å². The van der Waals surface area contributed by atoms with Crippen LogP contribution in [0, 0.1) is 5.92 Å². The first-order chi connectivity index (χ1) is 13.2. The molecule has 0 bridgehead atoms. The molecular formula is C21H26N2O4S. The Morgan fingerprint density at radius 1 is 1.14 bits per heavy atom. The fraction of sp³-hybridized carbons (Fsp3) is 0.381. The highest BCUT2D eigenvalue weighted by atomic mass is 32.2. The van der Waals surface area contributed by atoms with Crippen molar-refractivity contribution in [1.29, 1.82) is 0 Å². The van der Waals surface area contributed by atoms with E-state index in [0.29, 0.717) is 24.2 Å². The number of fused-ring (bicyclic) bond motifs is 1. The van der Waals surface area contributed by atoms with Crippen molar-refractivity contribution in [3.8, 4) is 5.75 Å². The quantitative estimate of drug-likeness (QED) is 0.805. The Balaban J connectivity index is 1.81. The second-order valence-corrected chi connectivity index (χ2v) is 9.30. The van der Waals surface area contributed by atoms with Crippen LogP contribution >= 0.6 is 0 Å². The predicted molar refractivity (Wildman–Crippen MR) is 110 cm³/mol. The number of carbonyl (C=O) groups excluding carboxylic acids is 1. The number of hydrogen-bond donors (Lipinski definition) is 1. The number of amides is 1. The van der Waals surface area contributed by atoms with Gasteiger partial charge < -0.3 is 10.1 Å². The summed E-state index contributed by atoms with van der Waals surface area (Å²) in [5.74, 6) is 0.800. The lowest BCUT2D eigenvalue weighted by Crippen LogP contribution is -2.31. The molecule has 1 heterocycles. The van der Waals surface area contributed by atoms with Crippen molar-refractivity contribution in [2.75, 3.05) is 24.2 Å². The van der Waals surface area contributed by atoms with Gasteiger partial charge in [0.2, 0.25) is 10.0 Å². The standard InChI is InChI=1S/C21H26N2O4S/c1-14(2)20(15-5-8-18(27-3)9-6-15)22-21(24)17-7-10-19-16(13-17)11-12-23(19)28(4,25)26/h5-10,13-14,20H,11-12H2,1-4H3,(H,22,24). The maximum absolute atomic E-state index is 12.9. The molecule has 0 spiro atoms. The molecular weight excluding hydrogens is 376 g/mol. The number of hydrogen-bond acceptors (Lipinski definition) is 4. The van der Waals surface area contributed by atoms with Gasteiger partial charge in [0.05, 0.1) is 25.1 Å². The molecule has 1 N–H and O–H groups in total. The van der Waals surface area contributed by atoms with Crippen molar-refractivity contribution in [1.82, 2.24) is 5.32 Å². The number of ether oxygens (including phenoxy) is 1. The third-order valence-electron chi connectivity index (χ3n) is 5.02. The number of benzene rings is 2. The van der Waals surface area contributed by atoms with Crippen LogP contribution in [0.2, 0.25) is 0 Å². The van der Waals surface area contributed by atoms with E-state index in [1.54, 1.807) is 25.3 Å². The number of nitrogens with one attached hydrogen (secondary N) is 1. The molecule has 0 aliphatic carbocycles. The number of carbonyl (C=O) groups is 1. The molecule has 1 aliphatic heterocycles. The zero-order chi connectivity index (χ0) is 20.5. The molecule has 2 aromatic carbocycles. The van der Waals surface area contributed by atoms with Crippen LogP contribution in [0.25, 0.3) is 0 Å². The summed E-state index contributed by atoms with van der Waals surface area (Å²) in [4.78, 5) is 12.9. The van der Waals surface area contributed by atoms with Crippen LogP contribution < -0.4 is 14.4 Å². The first kappa shape index (κ1) is 20.2. The Kier molecular flexibility index (Phi) is 5.65. The van der Waals surface area contributed by atoms with Gasteiger partial charge in [-0.25, -0.2) is 8.42 Å². The molecule has 6 nitrogen and oxygen atoms in total. The zero-order valence-electron chi connectivity index (χ0n) is 16.6. The molecule has 3 rings (SSSR count). The van der Waals surface area contributed by atoms with Crippen LogP contribution in [0.5, 0.6) is 5.75 Å². The van der Waals surface area contributed by atoms with E-state index in [4.69, 9.17) is 4.74 Å². The second-order valence-electron chi connectivity index (χ2n) is 7.40. The molecule has 1 amide bonds. The van der Waals surface area contributed by atoms with Crippen LogP contribution in [0.15, 0.2) is 42.5 Å². The molecule has 0 aromatic heterocycles. The van der Waals surface area contributed by atoms with E-state index in [9.17, 15) is 13.2 Å². The smallest absolute Gasteiger partial charge is 0.251 e. The Labute approximate surface area is 166 Å². The lowest BCUT2D eigenvalue weighted by atomic mass is 9.95. The Morgan fingerprint density at radius 2 is 1.82 bits per heavy atom. The van der Waals surface area contributed by atoms with Gasteiger partial charge >= 0.3 is 0 Å². The van der Waals surface area contributed by atoms with Crippen molar-refractivity contribution in [2.24, 2.45) is 5.92 Å². The van der Waals surface area contributed by atoms with Crippen molar-refractivity contribution < 1.29 is 17.9 Å². The second kappa shape index (κ2) is 7.83. The monoisotopic (exact) mass is 402 g/mol. The van der Waals surface area contributed by atoms with E-state index in [2.05, 4.69) is 19.2 Å². The molecule has 0 radical (unpaired) electrons. The van der Waals surface area contributed by atoms with Gasteiger partial charge in [-0.2, -0.15) is 0 Å². The Hall–Kier alpha value is -2.54. The summed E-state index contributed by atoms with van der Waals surface area (Å²) in [6, 6.07) is 12.7. The van der Waals surface area contributed by atoms with E-state index in [1.165, 1.54) is 10.6 Å². The van der Waals surface area contributed by atoms with Crippen LogP contribution in [0.3, 0.4) is 0 Å². The summed E-state index contributed by atoms with van der Waals surface area (Å²) in [6.45, 7) is 4.53. The van der Waals surface area contributed by atoms with Crippen molar-refractivity contribution in [3.63, 3.8) is 0 Å². The Bertz CT molecular complexity index is 968. The maximum Gasteiger partial charge on any atom is 0.251 e. The highest BCUT2D eigenvalue weighted by Crippen LogP contribution is 2.31. The lowest BCUT2D eigenvalue weighted by Gasteiger charge is -2.23. The summed E-state index contributed by atoms with van der Waals surface area (Å²) < 4.78 is 30.3. The number of nitrogens with zero attached hydrogens (tertiary/aromatic N) is 1. The van der Waals surface area contributed by atoms with Crippen LogP contribution in [-0.2, 0) is 16.4 Å². The van der Waals surface area contributed by atoms with Crippen molar-refractivity contribution in [2.45, 2.75) is 26.3 Å². The first-order valence-corrected chi connectivity index (χ1v) is 11.1. The predicted octanol–water partition coefficient (Wildman–Crippen LogP) is 3.14. The highest BCUT2D eigenvalue weighted by molar-refractivity contribution is 7.92. The molecule has 2 aromatic rings. The topological polar surface area (TPSA) is 75.7 Å². The minimum absolute atomic E-state index is 0.140. The highest BCUT2D eigenvalue weighted by Gasteiger charge is 2.27. The fourth-order valence-corrected chi connectivity index (χ4v) is 4.49. The fourth-order valence-electron chi connectivity index (χ4n) is 3.53. The van der Waals surface area contributed by atoms with Crippen molar-refractivity contribution >= 4 is 21.6 Å². The molecule has 28 heavy (non-hydrogen) atoms. The van der Waals surface area contributed by atoms with Gasteiger partial charge in [0.1, 0.15) is 5.75 Å². The van der Waals surface area contributed by atoms with E-state index >= 15 is 0 Å². The third kappa shape index (κ3) is 4.14. The SMILES string of the molecule is COc1ccc(C(NC(=O)c2ccc3c(c2)CCN3S(C)(=O)=O)C(C)C)cc1. The van der Waals surface area contributed by atoms with Gasteiger partial charge in [0, 0.05) is 12.1 Å². The minimum atomic E-state index is -3.30. The number of rotatable bonds is 6. The number of anilines is 1. The summed E-state index contributed by atoms with van der Waals surface area (Å²) in [5, 5.41) is 3.11. The maximum atomic E-state index is 12.9. The van der Waals surface area contributed by atoms with E-state index in [-0.39, 0.29) is 17.9 Å². The first-order valence-electron chi connectivity index (χ1n) is 9.26. The molecule has 1 aliphatic rings. The summed E-state index contributed by atoms with van der Waals surface area (Å²) in [7, 11) is -1.68. The van der Waals surface area contributed by atoms with Gasteiger partial charge in [-0.1, -0.05) is 26.0 Å². The molecule has 0 saturated heterocycles. The van der Waals surface area contributed by atoms with Gasteiger partial charge in [-0.15, -0.1) is 0 Å². The van der Waals surface area contributed by atoms with Crippen molar-refractivity contribution in [3.05, 3.63) is 59.2 Å². The minimum Gasteiger partial charge on any atom is -0.497 e. The molecule has 1 unspecified atom stereocenters. The Morgan fingerprint density at radius 3 is 2.39 bits per heavy atom. The summed E-state index contributed by atoms with van der Waals surface area (Å²) in [5.41, 5.74) is 3.08. The normalized spacial score (nSPS) is 14.7. The lowest BCUT2D eigenvalue weighted by molar-refractivity contribution is 0.0925. The van der Waals surface area contributed by atoms with Gasteiger partial charge in [0.25, 0.3) is 5.91 Å². The van der Waals surface area contributed by atoms with Gasteiger partial charge in [0.15, 0.2) is 0 Å². The zero-order valence-corrected chi connectivity index (χ0v) is 17.4. The number of methoxy groups -OCH3 is 1. The molecule has 150 valence electrons. The summed E-state index contributed by atoms with van der Waals surface area (Å²) >= 11 is 0. The molecule has 0 saturated carbocycles. The molecule has 7 heteroatoms. The van der Waals surface area contributed by atoms with E-state index in [1.807, 2.05) is 24.3 Å². The molecule has 0 fully saturated rings. The largest absolute Gasteiger partial charge is 0.497 e. The summed E-state index contributed by atoms with van der Waals surface area (Å²) in [6.07, 6.45) is 1.81. The van der Waals surface area contributed by atoms with E-state index in [0.717, 1.165) is 16.9 Å². The van der Waals surface area contributed by atoms with Crippen LogP contribution in [0.1, 0.15) is 41.4 Å². The average molecular weight is 403 g/mol. The third-order valence-corrected chi connectivity index (χ3v) is 6.20. The molecule has 1 atom stereocenters. The van der Waals surface area contributed by atoms with Gasteiger partial charge in [-0.3, -0.25) is 9.10 Å². The average Bonchev–Trinajstić information content (AvgIpc) is 3.09. The van der Waals surface area contributed by atoms with Gasteiger partial charge in [-0.05, 0) is 53.8 Å². The van der Waals surface area contributed by atoms with E-state index < -0.39 is 10.0 Å².